The summed E-state index contributed by atoms with van der Waals surface area (Å²) < 4.78 is 5.24. The molecule has 1 aromatic heterocycles. The third kappa shape index (κ3) is 2.18. The Balaban J connectivity index is 3.04. The fourth-order valence-corrected chi connectivity index (χ4v) is 1.02. The number of nitrogens with two attached hydrogens (primary N) is 1. The summed E-state index contributed by atoms with van der Waals surface area (Å²) in [6.07, 6.45) is 1.98. The molecule has 2 N–H and O–H groups in total. The number of hydrogen-bond acceptors (Lipinski definition) is 4. The molecular weight excluding hydrogens is 182 g/mol. The molecule has 0 spiro atoms. The van der Waals surface area contributed by atoms with Gasteiger partial charge in [-0.1, -0.05) is 6.92 Å². The van der Waals surface area contributed by atoms with Crippen LogP contribution in [0.25, 0.3) is 0 Å². The molecule has 1 heterocycles. The highest BCUT2D eigenvalue weighted by atomic mass is 16.5. The fraction of sp³-hybridized carbons (Fsp3) is 0.444. The van der Waals surface area contributed by atoms with Crippen molar-refractivity contribution in [2.75, 3.05) is 6.61 Å². The number of ether oxygens (including phenoxy) is 1. The van der Waals surface area contributed by atoms with Crippen LogP contribution < -0.4 is 10.5 Å². The van der Waals surface area contributed by atoms with Crippen LogP contribution in [0, 0.1) is 0 Å². The van der Waals surface area contributed by atoms with Crippen LogP contribution in [-0.2, 0) is 6.42 Å². The normalized spacial score (nSPS) is 9.86. The molecule has 0 saturated carbocycles. The lowest BCUT2D eigenvalue weighted by atomic mass is 10.3. The average molecular weight is 195 g/mol. The standard InChI is InChI=1S/C9H13N3O2/c1-3-6-9(14-4-2)11-5-7(12-6)8(10)13/h5H,3-4H2,1-2H3,(H2,10,13). The fourth-order valence-electron chi connectivity index (χ4n) is 1.02. The summed E-state index contributed by atoms with van der Waals surface area (Å²) >= 11 is 0. The molecule has 76 valence electrons. The molecular formula is C9H13N3O2. The van der Waals surface area contributed by atoms with Crippen molar-refractivity contribution in [1.82, 2.24) is 9.97 Å². The number of hydrogen-bond donors (Lipinski definition) is 1. The van der Waals surface area contributed by atoms with Gasteiger partial charge in [0.25, 0.3) is 5.91 Å². The van der Waals surface area contributed by atoms with E-state index in [1.165, 1.54) is 6.20 Å². The number of nitrogens with zero attached hydrogens (tertiary/aromatic N) is 2. The first-order valence-corrected chi connectivity index (χ1v) is 4.47. The molecule has 0 aliphatic carbocycles. The molecule has 5 heteroatoms. The Hall–Kier alpha value is -1.65. The highest BCUT2D eigenvalue weighted by molar-refractivity contribution is 5.90. The van der Waals surface area contributed by atoms with E-state index in [1.807, 2.05) is 13.8 Å². The van der Waals surface area contributed by atoms with E-state index in [4.69, 9.17) is 10.5 Å². The van der Waals surface area contributed by atoms with Gasteiger partial charge in [0.05, 0.1) is 12.8 Å². The van der Waals surface area contributed by atoms with Crippen molar-refractivity contribution in [3.8, 4) is 5.88 Å². The highest BCUT2D eigenvalue weighted by Gasteiger charge is 2.09. The Morgan fingerprint density at radius 2 is 2.29 bits per heavy atom. The molecule has 0 aliphatic heterocycles. The summed E-state index contributed by atoms with van der Waals surface area (Å²) in [5.74, 6) is -0.102. The summed E-state index contributed by atoms with van der Waals surface area (Å²) in [6, 6.07) is 0. The quantitative estimate of drug-likeness (QED) is 0.760. The third-order valence-corrected chi connectivity index (χ3v) is 1.67. The Labute approximate surface area is 82.3 Å². The van der Waals surface area contributed by atoms with E-state index in [2.05, 4.69) is 9.97 Å². The number of carbonyl (C=O) groups excluding carboxylic acids is 1. The Morgan fingerprint density at radius 3 is 2.79 bits per heavy atom. The van der Waals surface area contributed by atoms with Crippen molar-refractivity contribution in [3.63, 3.8) is 0 Å². The molecule has 0 aromatic carbocycles. The molecule has 0 aliphatic rings. The van der Waals surface area contributed by atoms with E-state index in [9.17, 15) is 4.79 Å². The molecule has 0 radical (unpaired) electrons. The predicted octanol–water partition coefficient (Wildman–Crippen LogP) is 0.537. The second-order valence-electron chi connectivity index (χ2n) is 2.66. The van der Waals surface area contributed by atoms with Crippen LogP contribution in [-0.4, -0.2) is 22.5 Å². The number of primary amides is 1. The van der Waals surface area contributed by atoms with E-state index < -0.39 is 5.91 Å². The Morgan fingerprint density at radius 1 is 1.57 bits per heavy atom. The van der Waals surface area contributed by atoms with Gasteiger partial charge in [-0.25, -0.2) is 9.97 Å². The molecule has 0 unspecified atom stereocenters. The van der Waals surface area contributed by atoms with Crippen LogP contribution in [0.3, 0.4) is 0 Å². The smallest absolute Gasteiger partial charge is 0.268 e. The van der Waals surface area contributed by atoms with E-state index in [1.54, 1.807) is 0 Å². The lowest BCUT2D eigenvalue weighted by Crippen LogP contribution is -2.15. The molecule has 0 saturated heterocycles. The van der Waals surface area contributed by atoms with Crippen molar-refractivity contribution < 1.29 is 9.53 Å². The summed E-state index contributed by atoms with van der Waals surface area (Å²) in [7, 11) is 0. The van der Waals surface area contributed by atoms with Crippen molar-refractivity contribution in [1.29, 1.82) is 0 Å². The molecule has 14 heavy (non-hydrogen) atoms. The first-order chi connectivity index (χ1) is 6.69. The maximum Gasteiger partial charge on any atom is 0.268 e. The predicted molar refractivity (Wildman–Crippen MR) is 51.1 cm³/mol. The second kappa shape index (κ2) is 4.55. The van der Waals surface area contributed by atoms with Gasteiger partial charge < -0.3 is 10.5 Å². The van der Waals surface area contributed by atoms with Crippen LogP contribution in [0.15, 0.2) is 6.20 Å². The number of amides is 1. The lowest BCUT2D eigenvalue weighted by molar-refractivity contribution is 0.0994. The van der Waals surface area contributed by atoms with Crippen molar-refractivity contribution in [2.24, 2.45) is 5.73 Å². The maximum atomic E-state index is 10.8. The van der Waals surface area contributed by atoms with E-state index in [0.29, 0.717) is 24.6 Å². The lowest BCUT2D eigenvalue weighted by Gasteiger charge is -2.06. The van der Waals surface area contributed by atoms with Crippen LogP contribution >= 0.6 is 0 Å². The zero-order valence-electron chi connectivity index (χ0n) is 8.28. The number of aromatic nitrogens is 2. The Bertz CT molecular complexity index is 339. The van der Waals surface area contributed by atoms with Gasteiger partial charge in [-0.15, -0.1) is 0 Å². The zero-order valence-corrected chi connectivity index (χ0v) is 8.28. The molecule has 0 atom stereocenters. The van der Waals surface area contributed by atoms with Gasteiger partial charge in [-0.3, -0.25) is 4.79 Å². The van der Waals surface area contributed by atoms with E-state index >= 15 is 0 Å². The monoisotopic (exact) mass is 195 g/mol. The number of carbonyl (C=O) groups is 1. The zero-order chi connectivity index (χ0) is 10.6. The summed E-state index contributed by atoms with van der Waals surface area (Å²) in [5, 5.41) is 0. The molecule has 0 fully saturated rings. The average Bonchev–Trinajstić information content (AvgIpc) is 2.18. The minimum Gasteiger partial charge on any atom is -0.477 e. The van der Waals surface area contributed by atoms with Gasteiger partial charge in [-0.2, -0.15) is 0 Å². The van der Waals surface area contributed by atoms with Crippen LogP contribution in [0.5, 0.6) is 5.88 Å². The van der Waals surface area contributed by atoms with Crippen LogP contribution in [0.2, 0.25) is 0 Å². The van der Waals surface area contributed by atoms with Gasteiger partial charge in [-0.05, 0) is 13.3 Å². The van der Waals surface area contributed by atoms with Crippen molar-refractivity contribution in [3.05, 3.63) is 17.6 Å². The maximum absolute atomic E-state index is 10.8. The second-order valence-corrected chi connectivity index (χ2v) is 2.66. The molecule has 1 rings (SSSR count). The summed E-state index contributed by atoms with van der Waals surface area (Å²) in [6.45, 7) is 4.30. The van der Waals surface area contributed by atoms with E-state index in [0.717, 1.165) is 0 Å². The van der Waals surface area contributed by atoms with Crippen LogP contribution in [0.1, 0.15) is 30.0 Å². The number of aryl methyl sites for hydroxylation is 1. The third-order valence-electron chi connectivity index (χ3n) is 1.67. The van der Waals surface area contributed by atoms with Crippen LogP contribution in [0.4, 0.5) is 0 Å². The minimum absolute atomic E-state index is 0.172. The molecule has 1 aromatic rings. The van der Waals surface area contributed by atoms with Crippen molar-refractivity contribution >= 4 is 5.91 Å². The SMILES string of the molecule is CCOc1ncc(C(N)=O)nc1CC. The van der Waals surface area contributed by atoms with Gasteiger partial charge in [0.15, 0.2) is 0 Å². The first kappa shape index (κ1) is 10.4. The van der Waals surface area contributed by atoms with Gasteiger partial charge in [0.1, 0.15) is 11.4 Å². The first-order valence-electron chi connectivity index (χ1n) is 4.47. The van der Waals surface area contributed by atoms with Gasteiger partial charge in [0, 0.05) is 0 Å². The van der Waals surface area contributed by atoms with Gasteiger partial charge >= 0.3 is 0 Å². The number of rotatable bonds is 4. The summed E-state index contributed by atoms with van der Waals surface area (Å²) in [4.78, 5) is 18.8. The largest absolute Gasteiger partial charge is 0.477 e. The Kier molecular flexibility index (Phi) is 3.39. The highest BCUT2D eigenvalue weighted by Crippen LogP contribution is 2.13. The summed E-state index contributed by atoms with van der Waals surface area (Å²) in [5.41, 5.74) is 5.91. The minimum atomic E-state index is -0.574. The topological polar surface area (TPSA) is 78.1 Å². The van der Waals surface area contributed by atoms with E-state index in [-0.39, 0.29) is 5.69 Å². The molecule has 1 amide bonds. The van der Waals surface area contributed by atoms with Gasteiger partial charge in [0.2, 0.25) is 5.88 Å². The molecule has 0 bridgehead atoms. The van der Waals surface area contributed by atoms with Crippen molar-refractivity contribution in [2.45, 2.75) is 20.3 Å². The molecule has 5 nitrogen and oxygen atoms in total.